The van der Waals surface area contributed by atoms with Gasteiger partial charge in [-0.05, 0) is 29.1 Å². The molecule has 0 saturated heterocycles. The van der Waals surface area contributed by atoms with E-state index in [1.807, 2.05) is 11.4 Å². The first-order valence-electron chi connectivity index (χ1n) is 4.67. The molecule has 0 saturated carbocycles. The number of hydrogen-bond acceptors (Lipinski definition) is 3. The molecule has 82 valence electrons. The Kier molecular flexibility index (Phi) is 2.92. The summed E-state index contributed by atoms with van der Waals surface area (Å²) in [5.74, 6) is -0.0993. The highest BCUT2D eigenvalue weighted by Gasteiger charge is 2.08. The first-order chi connectivity index (χ1) is 7.72. The van der Waals surface area contributed by atoms with Gasteiger partial charge in [0.2, 0.25) is 0 Å². The van der Waals surface area contributed by atoms with E-state index in [-0.39, 0.29) is 0 Å². The van der Waals surface area contributed by atoms with Crippen LogP contribution in [0.15, 0.2) is 35.7 Å². The lowest BCUT2D eigenvalue weighted by Crippen LogP contribution is -1.94. The van der Waals surface area contributed by atoms with Crippen LogP contribution in [0.1, 0.15) is 10.4 Å². The third-order valence-corrected chi connectivity index (χ3v) is 3.19. The van der Waals surface area contributed by atoms with Gasteiger partial charge in [-0.2, -0.15) is 0 Å². The van der Waals surface area contributed by atoms with Crippen LogP contribution in [0.25, 0.3) is 10.4 Å². The van der Waals surface area contributed by atoms with Crippen LogP contribution in [0.3, 0.4) is 0 Å². The largest absolute Gasteiger partial charge is 0.495 e. The minimum atomic E-state index is -0.912. The summed E-state index contributed by atoms with van der Waals surface area (Å²) in [7, 11) is 1.62. The van der Waals surface area contributed by atoms with Crippen LogP contribution in [0.4, 0.5) is 0 Å². The van der Waals surface area contributed by atoms with Crippen LogP contribution in [-0.2, 0) is 0 Å². The molecule has 1 aromatic carbocycles. The van der Waals surface area contributed by atoms with Crippen molar-refractivity contribution in [1.29, 1.82) is 0 Å². The first-order valence-corrected chi connectivity index (χ1v) is 5.55. The number of ether oxygens (including phenoxy) is 1. The summed E-state index contributed by atoms with van der Waals surface area (Å²) in [6.45, 7) is 0. The summed E-state index contributed by atoms with van der Waals surface area (Å²) in [5.41, 5.74) is 1.26. The zero-order valence-electron chi connectivity index (χ0n) is 8.64. The van der Waals surface area contributed by atoms with E-state index in [1.54, 1.807) is 42.7 Å². The molecule has 0 amide bonds. The predicted molar refractivity (Wildman–Crippen MR) is 63.3 cm³/mol. The Hall–Kier alpha value is -1.81. The van der Waals surface area contributed by atoms with E-state index in [0.717, 1.165) is 16.2 Å². The molecule has 0 aliphatic heterocycles. The molecule has 0 radical (unpaired) electrons. The van der Waals surface area contributed by atoms with Gasteiger partial charge in [-0.25, -0.2) is 4.79 Å². The number of benzene rings is 1. The topological polar surface area (TPSA) is 46.5 Å². The van der Waals surface area contributed by atoms with E-state index < -0.39 is 5.97 Å². The molecule has 0 aliphatic rings. The Bertz CT molecular complexity index is 499. The van der Waals surface area contributed by atoms with Gasteiger partial charge in [0.25, 0.3) is 0 Å². The van der Waals surface area contributed by atoms with E-state index in [4.69, 9.17) is 9.84 Å². The highest BCUT2D eigenvalue weighted by atomic mass is 32.1. The van der Waals surface area contributed by atoms with Crippen molar-refractivity contribution >= 4 is 17.3 Å². The second-order valence-corrected chi connectivity index (χ2v) is 4.12. The van der Waals surface area contributed by atoms with Crippen LogP contribution in [-0.4, -0.2) is 18.2 Å². The molecule has 1 heterocycles. The molecule has 0 unspecified atom stereocenters. The summed E-state index contributed by atoms with van der Waals surface area (Å²) < 4.78 is 5.21. The number of methoxy groups -OCH3 is 1. The van der Waals surface area contributed by atoms with Gasteiger partial charge in [-0.3, -0.25) is 0 Å². The third-order valence-electron chi connectivity index (χ3n) is 2.24. The molecular formula is C12H10O3S. The maximum absolute atomic E-state index is 10.7. The SMILES string of the molecule is COc1ccsc1-c1ccc(C(=O)O)cc1. The van der Waals surface area contributed by atoms with Gasteiger partial charge in [-0.15, -0.1) is 11.3 Å². The van der Waals surface area contributed by atoms with E-state index in [0.29, 0.717) is 5.56 Å². The molecule has 4 heteroatoms. The van der Waals surface area contributed by atoms with Gasteiger partial charge in [0.1, 0.15) is 5.75 Å². The van der Waals surface area contributed by atoms with Gasteiger partial charge in [0.05, 0.1) is 17.6 Å². The molecule has 2 aromatic rings. The van der Waals surface area contributed by atoms with Crippen molar-refractivity contribution in [3.8, 4) is 16.2 Å². The van der Waals surface area contributed by atoms with Crippen LogP contribution in [0, 0.1) is 0 Å². The zero-order chi connectivity index (χ0) is 11.5. The van der Waals surface area contributed by atoms with Gasteiger partial charge >= 0.3 is 5.97 Å². The standard InChI is InChI=1S/C12H10O3S/c1-15-10-6-7-16-11(10)8-2-4-9(5-3-8)12(13)14/h2-7H,1H3,(H,13,14). The van der Waals surface area contributed by atoms with Gasteiger partial charge < -0.3 is 9.84 Å². The average Bonchev–Trinajstić information content (AvgIpc) is 2.77. The maximum Gasteiger partial charge on any atom is 0.335 e. The maximum atomic E-state index is 10.7. The Morgan fingerprint density at radius 2 is 1.94 bits per heavy atom. The molecule has 0 bridgehead atoms. The van der Waals surface area contributed by atoms with E-state index in [2.05, 4.69) is 0 Å². The van der Waals surface area contributed by atoms with Crippen molar-refractivity contribution < 1.29 is 14.6 Å². The molecule has 0 spiro atoms. The normalized spacial score (nSPS) is 10.1. The van der Waals surface area contributed by atoms with Gasteiger partial charge in [0, 0.05) is 0 Å². The molecule has 0 aliphatic carbocycles. The van der Waals surface area contributed by atoms with E-state index >= 15 is 0 Å². The Morgan fingerprint density at radius 1 is 1.25 bits per heavy atom. The third kappa shape index (κ3) is 1.92. The van der Waals surface area contributed by atoms with Crippen LogP contribution in [0.2, 0.25) is 0 Å². The summed E-state index contributed by atoms with van der Waals surface area (Å²) in [5, 5.41) is 10.7. The van der Waals surface area contributed by atoms with Crippen molar-refractivity contribution in [3.63, 3.8) is 0 Å². The van der Waals surface area contributed by atoms with Crippen LogP contribution < -0.4 is 4.74 Å². The number of aromatic carboxylic acids is 1. The van der Waals surface area contributed by atoms with Crippen LogP contribution in [0.5, 0.6) is 5.75 Å². The quantitative estimate of drug-likeness (QED) is 0.887. The zero-order valence-corrected chi connectivity index (χ0v) is 9.45. The fourth-order valence-electron chi connectivity index (χ4n) is 1.43. The lowest BCUT2D eigenvalue weighted by molar-refractivity contribution is 0.0697. The van der Waals surface area contributed by atoms with Crippen molar-refractivity contribution in [1.82, 2.24) is 0 Å². The monoisotopic (exact) mass is 234 g/mol. The minimum Gasteiger partial charge on any atom is -0.495 e. The lowest BCUT2D eigenvalue weighted by atomic mass is 10.1. The average molecular weight is 234 g/mol. The van der Waals surface area contributed by atoms with E-state index in [1.165, 1.54) is 0 Å². The van der Waals surface area contributed by atoms with Gasteiger partial charge in [0.15, 0.2) is 0 Å². The van der Waals surface area contributed by atoms with Crippen molar-refractivity contribution in [2.24, 2.45) is 0 Å². The van der Waals surface area contributed by atoms with Crippen molar-refractivity contribution in [2.45, 2.75) is 0 Å². The second kappa shape index (κ2) is 4.37. The fraction of sp³-hybridized carbons (Fsp3) is 0.0833. The molecule has 1 aromatic heterocycles. The summed E-state index contributed by atoms with van der Waals surface area (Å²) in [6, 6.07) is 8.66. The Balaban J connectivity index is 2.38. The Morgan fingerprint density at radius 3 is 2.50 bits per heavy atom. The molecule has 1 N–H and O–H groups in total. The van der Waals surface area contributed by atoms with Crippen LogP contribution >= 0.6 is 11.3 Å². The predicted octanol–water partition coefficient (Wildman–Crippen LogP) is 3.12. The molecule has 0 fully saturated rings. The summed E-state index contributed by atoms with van der Waals surface area (Å²) in [4.78, 5) is 11.7. The highest BCUT2D eigenvalue weighted by Crippen LogP contribution is 2.35. The molecule has 2 rings (SSSR count). The second-order valence-electron chi connectivity index (χ2n) is 3.20. The number of thiophene rings is 1. The van der Waals surface area contributed by atoms with E-state index in [9.17, 15) is 4.79 Å². The van der Waals surface area contributed by atoms with Crippen molar-refractivity contribution in [2.75, 3.05) is 7.11 Å². The summed E-state index contributed by atoms with van der Waals surface area (Å²) in [6.07, 6.45) is 0. The minimum absolute atomic E-state index is 0.291. The molecular weight excluding hydrogens is 224 g/mol. The number of carboxylic acids is 1. The first kappa shape index (κ1) is 10.7. The number of carboxylic acid groups (broad SMARTS) is 1. The highest BCUT2D eigenvalue weighted by molar-refractivity contribution is 7.14. The lowest BCUT2D eigenvalue weighted by Gasteiger charge is -2.02. The van der Waals surface area contributed by atoms with Gasteiger partial charge in [-0.1, -0.05) is 12.1 Å². The summed E-state index contributed by atoms with van der Waals surface area (Å²) >= 11 is 1.57. The molecule has 16 heavy (non-hydrogen) atoms. The smallest absolute Gasteiger partial charge is 0.335 e. The number of rotatable bonds is 3. The Labute approximate surface area is 96.9 Å². The number of carbonyl (C=O) groups is 1. The molecule has 0 atom stereocenters. The number of hydrogen-bond donors (Lipinski definition) is 1. The van der Waals surface area contributed by atoms with Crippen molar-refractivity contribution in [3.05, 3.63) is 41.3 Å². The fourth-order valence-corrected chi connectivity index (χ4v) is 2.30. The molecule has 3 nitrogen and oxygen atoms in total.